The highest BCUT2D eigenvalue weighted by Crippen LogP contribution is 2.31. The summed E-state index contributed by atoms with van der Waals surface area (Å²) in [6.45, 7) is 4.78. The van der Waals surface area contributed by atoms with Gasteiger partial charge in [0.2, 0.25) is 0 Å². The fourth-order valence-corrected chi connectivity index (χ4v) is 1.74. The van der Waals surface area contributed by atoms with E-state index in [1.54, 1.807) is 7.11 Å². The molecule has 0 amide bonds. The van der Waals surface area contributed by atoms with Gasteiger partial charge < -0.3 is 14.8 Å². The minimum atomic E-state index is 0.634. The molecule has 1 fully saturated rings. The Labute approximate surface area is 90.4 Å². The van der Waals surface area contributed by atoms with Crippen molar-refractivity contribution in [2.24, 2.45) is 0 Å². The molecule has 1 aliphatic rings. The molecule has 0 atom stereocenters. The van der Waals surface area contributed by atoms with Gasteiger partial charge in [-0.1, -0.05) is 6.07 Å². The van der Waals surface area contributed by atoms with E-state index in [2.05, 4.69) is 17.4 Å². The first-order valence-electron chi connectivity index (χ1n) is 5.36. The molecule has 1 saturated heterocycles. The Morgan fingerprint density at radius 3 is 2.67 bits per heavy atom. The SMILES string of the molecule is CCOc1ccc(C2CNC2)cc1OC. The van der Waals surface area contributed by atoms with Gasteiger partial charge in [0.25, 0.3) is 0 Å². The fourth-order valence-electron chi connectivity index (χ4n) is 1.74. The maximum absolute atomic E-state index is 5.47. The molecule has 1 aliphatic heterocycles. The Balaban J connectivity index is 2.21. The standard InChI is InChI=1S/C12H17NO2/c1-3-15-11-5-4-9(6-12(11)14-2)10-7-13-8-10/h4-6,10,13H,3,7-8H2,1-2H3. The molecule has 0 aliphatic carbocycles. The first-order valence-corrected chi connectivity index (χ1v) is 5.36. The normalized spacial score (nSPS) is 15.9. The van der Waals surface area contributed by atoms with Crippen LogP contribution in [0, 0.1) is 0 Å². The van der Waals surface area contributed by atoms with Crippen molar-refractivity contribution in [3.8, 4) is 11.5 Å². The maximum atomic E-state index is 5.47. The molecule has 2 rings (SSSR count). The van der Waals surface area contributed by atoms with Crippen molar-refractivity contribution in [2.75, 3.05) is 26.8 Å². The van der Waals surface area contributed by atoms with Gasteiger partial charge in [-0.05, 0) is 24.6 Å². The highest BCUT2D eigenvalue weighted by molar-refractivity contribution is 5.44. The lowest BCUT2D eigenvalue weighted by molar-refractivity contribution is 0.310. The fraction of sp³-hybridized carbons (Fsp3) is 0.500. The zero-order chi connectivity index (χ0) is 10.7. The van der Waals surface area contributed by atoms with Gasteiger partial charge in [0.1, 0.15) is 0 Å². The zero-order valence-corrected chi connectivity index (χ0v) is 9.25. The van der Waals surface area contributed by atoms with Crippen molar-refractivity contribution < 1.29 is 9.47 Å². The summed E-state index contributed by atoms with van der Waals surface area (Å²) in [7, 11) is 1.68. The van der Waals surface area contributed by atoms with Gasteiger partial charge >= 0.3 is 0 Å². The van der Waals surface area contributed by atoms with Gasteiger partial charge in [-0.15, -0.1) is 0 Å². The summed E-state index contributed by atoms with van der Waals surface area (Å²) in [5.74, 6) is 2.30. The van der Waals surface area contributed by atoms with E-state index in [0.717, 1.165) is 24.6 Å². The Bertz CT molecular complexity index is 334. The van der Waals surface area contributed by atoms with Gasteiger partial charge in [0.15, 0.2) is 11.5 Å². The van der Waals surface area contributed by atoms with Crippen molar-refractivity contribution in [3.05, 3.63) is 23.8 Å². The van der Waals surface area contributed by atoms with E-state index in [4.69, 9.17) is 9.47 Å². The smallest absolute Gasteiger partial charge is 0.161 e. The third-order valence-corrected chi connectivity index (χ3v) is 2.74. The summed E-state index contributed by atoms with van der Waals surface area (Å²) in [6.07, 6.45) is 0. The van der Waals surface area contributed by atoms with Crippen molar-refractivity contribution in [1.29, 1.82) is 0 Å². The Kier molecular flexibility index (Phi) is 3.11. The van der Waals surface area contributed by atoms with Gasteiger partial charge in [0, 0.05) is 19.0 Å². The molecule has 0 radical (unpaired) electrons. The van der Waals surface area contributed by atoms with Crippen LogP contribution in [-0.2, 0) is 0 Å². The molecule has 1 aromatic rings. The third kappa shape index (κ3) is 2.07. The number of hydrogen-bond acceptors (Lipinski definition) is 3. The van der Waals surface area contributed by atoms with Gasteiger partial charge in [0.05, 0.1) is 13.7 Å². The van der Waals surface area contributed by atoms with Crippen LogP contribution in [0.25, 0.3) is 0 Å². The first kappa shape index (κ1) is 10.3. The zero-order valence-electron chi connectivity index (χ0n) is 9.25. The molecule has 0 bridgehead atoms. The van der Waals surface area contributed by atoms with Crippen LogP contribution in [0.5, 0.6) is 11.5 Å². The molecule has 0 spiro atoms. The Hall–Kier alpha value is -1.22. The number of hydrogen-bond donors (Lipinski definition) is 1. The molecule has 82 valence electrons. The first-order chi connectivity index (χ1) is 7.35. The van der Waals surface area contributed by atoms with E-state index >= 15 is 0 Å². The minimum absolute atomic E-state index is 0.634. The summed E-state index contributed by atoms with van der Waals surface area (Å²) < 4.78 is 10.8. The Morgan fingerprint density at radius 2 is 2.13 bits per heavy atom. The second-order valence-electron chi connectivity index (χ2n) is 3.70. The van der Waals surface area contributed by atoms with Crippen molar-refractivity contribution >= 4 is 0 Å². The van der Waals surface area contributed by atoms with E-state index in [0.29, 0.717) is 12.5 Å². The molecule has 3 nitrogen and oxygen atoms in total. The molecule has 1 heterocycles. The predicted octanol–water partition coefficient (Wildman–Crippen LogP) is 1.78. The number of methoxy groups -OCH3 is 1. The lowest BCUT2D eigenvalue weighted by Crippen LogP contribution is -2.39. The van der Waals surface area contributed by atoms with E-state index in [1.165, 1.54) is 5.56 Å². The highest BCUT2D eigenvalue weighted by atomic mass is 16.5. The molecule has 0 saturated carbocycles. The average molecular weight is 207 g/mol. The lowest BCUT2D eigenvalue weighted by Gasteiger charge is -2.28. The summed E-state index contributed by atoms with van der Waals surface area (Å²) in [6, 6.07) is 6.20. The summed E-state index contributed by atoms with van der Waals surface area (Å²) in [5.41, 5.74) is 1.33. The van der Waals surface area contributed by atoms with E-state index < -0.39 is 0 Å². The molecule has 1 N–H and O–H groups in total. The van der Waals surface area contributed by atoms with Crippen molar-refractivity contribution in [2.45, 2.75) is 12.8 Å². The summed E-state index contributed by atoms with van der Waals surface area (Å²) in [4.78, 5) is 0. The number of nitrogens with one attached hydrogen (secondary N) is 1. The second-order valence-corrected chi connectivity index (χ2v) is 3.70. The molecule has 1 aromatic carbocycles. The molecule has 0 aromatic heterocycles. The van der Waals surface area contributed by atoms with E-state index in [1.807, 2.05) is 13.0 Å². The van der Waals surface area contributed by atoms with Crippen LogP contribution in [0.15, 0.2) is 18.2 Å². The van der Waals surface area contributed by atoms with Gasteiger partial charge in [-0.3, -0.25) is 0 Å². The minimum Gasteiger partial charge on any atom is -0.493 e. The monoisotopic (exact) mass is 207 g/mol. The number of ether oxygens (including phenoxy) is 2. The van der Waals surface area contributed by atoms with Crippen molar-refractivity contribution in [1.82, 2.24) is 5.32 Å². The van der Waals surface area contributed by atoms with Crippen LogP contribution in [-0.4, -0.2) is 26.8 Å². The van der Waals surface area contributed by atoms with Crippen LogP contribution in [0.3, 0.4) is 0 Å². The molecule has 0 unspecified atom stereocenters. The van der Waals surface area contributed by atoms with Crippen LogP contribution in [0.4, 0.5) is 0 Å². The maximum Gasteiger partial charge on any atom is 0.161 e. The van der Waals surface area contributed by atoms with Gasteiger partial charge in [-0.2, -0.15) is 0 Å². The van der Waals surface area contributed by atoms with E-state index in [-0.39, 0.29) is 0 Å². The Morgan fingerprint density at radius 1 is 1.33 bits per heavy atom. The average Bonchev–Trinajstić information content (AvgIpc) is 2.18. The largest absolute Gasteiger partial charge is 0.493 e. The topological polar surface area (TPSA) is 30.5 Å². The molecular weight excluding hydrogens is 190 g/mol. The highest BCUT2D eigenvalue weighted by Gasteiger charge is 2.20. The predicted molar refractivity (Wildman–Crippen MR) is 59.8 cm³/mol. The van der Waals surface area contributed by atoms with Crippen LogP contribution < -0.4 is 14.8 Å². The summed E-state index contributed by atoms with van der Waals surface area (Å²) >= 11 is 0. The van der Waals surface area contributed by atoms with Crippen LogP contribution >= 0.6 is 0 Å². The summed E-state index contributed by atoms with van der Waals surface area (Å²) in [5, 5.41) is 3.26. The van der Waals surface area contributed by atoms with Crippen molar-refractivity contribution in [3.63, 3.8) is 0 Å². The molecular formula is C12H17NO2. The quantitative estimate of drug-likeness (QED) is 0.816. The number of rotatable bonds is 4. The number of benzene rings is 1. The van der Waals surface area contributed by atoms with Crippen LogP contribution in [0.2, 0.25) is 0 Å². The van der Waals surface area contributed by atoms with E-state index in [9.17, 15) is 0 Å². The molecule has 3 heteroatoms. The molecule has 15 heavy (non-hydrogen) atoms. The second kappa shape index (κ2) is 4.53. The van der Waals surface area contributed by atoms with Crippen LogP contribution in [0.1, 0.15) is 18.4 Å². The lowest BCUT2D eigenvalue weighted by atomic mass is 9.93. The third-order valence-electron chi connectivity index (χ3n) is 2.74. The van der Waals surface area contributed by atoms with Gasteiger partial charge in [-0.25, -0.2) is 0 Å².